The third kappa shape index (κ3) is 4.32. The maximum atomic E-state index is 12.1. The van der Waals surface area contributed by atoms with Gasteiger partial charge in [-0.15, -0.1) is 0 Å². The molecule has 0 radical (unpaired) electrons. The topological polar surface area (TPSA) is 67.8 Å². The van der Waals surface area contributed by atoms with Gasteiger partial charge in [-0.3, -0.25) is 4.79 Å². The van der Waals surface area contributed by atoms with Crippen LogP contribution in [0.5, 0.6) is 11.5 Å². The number of fused-ring (bicyclic) bond motifs is 1. The van der Waals surface area contributed by atoms with Crippen molar-refractivity contribution in [1.82, 2.24) is 5.32 Å². The van der Waals surface area contributed by atoms with Gasteiger partial charge in [0.1, 0.15) is 5.60 Å². The number of aryl methyl sites for hydroxylation is 1. The first kappa shape index (κ1) is 17.8. The lowest BCUT2D eigenvalue weighted by atomic mass is 9.95. The number of carbonyl (C=O) groups is 1. The maximum absolute atomic E-state index is 12.1. The first-order valence-electron chi connectivity index (χ1n) is 8.08. The van der Waals surface area contributed by atoms with Gasteiger partial charge in [-0.05, 0) is 42.7 Å². The van der Waals surface area contributed by atoms with Gasteiger partial charge in [-0.2, -0.15) is 0 Å². The lowest BCUT2D eigenvalue weighted by molar-refractivity contribution is -0.122. The van der Waals surface area contributed by atoms with E-state index in [1.54, 1.807) is 25.1 Å². The second-order valence-electron chi connectivity index (χ2n) is 6.21. The number of aliphatic hydroxyl groups is 1. The van der Waals surface area contributed by atoms with Crippen molar-refractivity contribution < 1.29 is 19.4 Å². The van der Waals surface area contributed by atoms with Crippen LogP contribution in [0.25, 0.3) is 0 Å². The normalized spacial score (nSPS) is 14.8. The Kier molecular flexibility index (Phi) is 5.30. The number of halogens is 1. The monoisotopic (exact) mass is 405 g/mol. The Hall–Kier alpha value is -2.05. The summed E-state index contributed by atoms with van der Waals surface area (Å²) in [6.07, 6.45) is 0.999. The van der Waals surface area contributed by atoms with Gasteiger partial charge >= 0.3 is 0 Å². The molecule has 1 heterocycles. The van der Waals surface area contributed by atoms with Crippen molar-refractivity contribution in [3.8, 4) is 11.5 Å². The molecular formula is C19H20BrNO4. The van der Waals surface area contributed by atoms with Crippen LogP contribution in [0.4, 0.5) is 0 Å². The molecule has 2 aromatic rings. The lowest BCUT2D eigenvalue weighted by Crippen LogP contribution is -2.38. The summed E-state index contributed by atoms with van der Waals surface area (Å²) in [4.78, 5) is 12.1. The molecule has 25 heavy (non-hydrogen) atoms. The third-order valence-electron chi connectivity index (χ3n) is 4.20. The molecule has 0 aliphatic carbocycles. The molecule has 0 saturated heterocycles. The quantitative estimate of drug-likeness (QED) is 0.774. The second kappa shape index (κ2) is 7.45. The Morgan fingerprint density at radius 3 is 2.80 bits per heavy atom. The van der Waals surface area contributed by atoms with Gasteiger partial charge in [0.15, 0.2) is 11.5 Å². The molecule has 1 unspecified atom stereocenters. The molecule has 0 saturated carbocycles. The van der Waals surface area contributed by atoms with E-state index in [1.807, 2.05) is 24.3 Å². The van der Waals surface area contributed by atoms with Gasteiger partial charge in [0.2, 0.25) is 12.7 Å². The number of hydrogen-bond acceptors (Lipinski definition) is 4. The van der Waals surface area contributed by atoms with E-state index in [4.69, 9.17) is 9.47 Å². The fourth-order valence-electron chi connectivity index (χ4n) is 2.64. The Morgan fingerprint density at radius 1 is 1.24 bits per heavy atom. The van der Waals surface area contributed by atoms with E-state index >= 15 is 0 Å². The average Bonchev–Trinajstić information content (AvgIpc) is 3.07. The number of carbonyl (C=O) groups excluding carboxylic acids is 1. The average molecular weight is 406 g/mol. The molecule has 2 aromatic carbocycles. The van der Waals surface area contributed by atoms with Crippen LogP contribution >= 0.6 is 15.9 Å². The molecule has 1 aliphatic heterocycles. The van der Waals surface area contributed by atoms with Crippen LogP contribution in [0.2, 0.25) is 0 Å². The van der Waals surface area contributed by atoms with Crippen molar-refractivity contribution in [1.29, 1.82) is 0 Å². The first-order chi connectivity index (χ1) is 12.0. The van der Waals surface area contributed by atoms with Crippen LogP contribution in [-0.4, -0.2) is 24.4 Å². The Labute approximate surface area is 155 Å². The zero-order valence-corrected chi connectivity index (χ0v) is 15.5. The summed E-state index contributed by atoms with van der Waals surface area (Å²) in [6, 6.07) is 13.1. The van der Waals surface area contributed by atoms with Gasteiger partial charge < -0.3 is 19.9 Å². The predicted molar refractivity (Wildman–Crippen MR) is 97.6 cm³/mol. The van der Waals surface area contributed by atoms with E-state index in [-0.39, 0.29) is 19.2 Å². The SMILES string of the molecule is CC(O)(CNC(=O)CCc1ccccc1Br)c1ccc2c(c1)OCO2. The Balaban J connectivity index is 1.54. The third-order valence-corrected chi connectivity index (χ3v) is 4.98. The molecule has 0 aromatic heterocycles. The second-order valence-corrected chi connectivity index (χ2v) is 7.06. The summed E-state index contributed by atoms with van der Waals surface area (Å²) in [5.41, 5.74) is 0.562. The molecule has 1 amide bonds. The Bertz CT molecular complexity index is 776. The highest BCUT2D eigenvalue weighted by Crippen LogP contribution is 2.35. The minimum atomic E-state index is -1.19. The van der Waals surface area contributed by atoms with Crippen molar-refractivity contribution >= 4 is 21.8 Å². The fraction of sp³-hybridized carbons (Fsp3) is 0.316. The number of ether oxygens (including phenoxy) is 2. The smallest absolute Gasteiger partial charge is 0.231 e. The maximum Gasteiger partial charge on any atom is 0.231 e. The number of rotatable bonds is 6. The van der Waals surface area contributed by atoms with E-state index in [9.17, 15) is 9.90 Å². The molecule has 0 spiro atoms. The summed E-state index contributed by atoms with van der Waals surface area (Å²) in [6.45, 7) is 1.98. The van der Waals surface area contributed by atoms with Gasteiger partial charge in [-0.1, -0.05) is 40.2 Å². The first-order valence-corrected chi connectivity index (χ1v) is 8.87. The zero-order valence-electron chi connectivity index (χ0n) is 13.9. The zero-order chi connectivity index (χ0) is 17.9. The molecule has 0 fully saturated rings. The van der Waals surface area contributed by atoms with Crippen LogP contribution in [0.1, 0.15) is 24.5 Å². The van der Waals surface area contributed by atoms with E-state index in [0.717, 1.165) is 10.0 Å². The molecule has 3 rings (SSSR count). The molecular weight excluding hydrogens is 386 g/mol. The van der Waals surface area contributed by atoms with Crippen LogP contribution in [0.15, 0.2) is 46.9 Å². The number of amides is 1. The fourth-order valence-corrected chi connectivity index (χ4v) is 3.13. The van der Waals surface area contributed by atoms with Crippen LogP contribution in [-0.2, 0) is 16.8 Å². The summed E-state index contributed by atoms with van der Waals surface area (Å²) in [7, 11) is 0. The van der Waals surface area contributed by atoms with Gasteiger partial charge in [0.05, 0.1) is 6.54 Å². The molecule has 0 bridgehead atoms. The van der Waals surface area contributed by atoms with Crippen molar-refractivity contribution in [3.63, 3.8) is 0 Å². The van der Waals surface area contributed by atoms with E-state index < -0.39 is 5.60 Å². The molecule has 1 aliphatic rings. The molecule has 2 N–H and O–H groups in total. The largest absolute Gasteiger partial charge is 0.454 e. The number of hydrogen-bond donors (Lipinski definition) is 2. The Morgan fingerprint density at radius 2 is 2.00 bits per heavy atom. The van der Waals surface area contributed by atoms with Crippen molar-refractivity contribution in [2.24, 2.45) is 0 Å². The molecule has 1 atom stereocenters. The summed E-state index contributed by atoms with van der Waals surface area (Å²) < 4.78 is 11.6. The highest BCUT2D eigenvalue weighted by Gasteiger charge is 2.26. The van der Waals surface area contributed by atoms with E-state index in [1.165, 1.54) is 0 Å². The van der Waals surface area contributed by atoms with Crippen LogP contribution < -0.4 is 14.8 Å². The minimum absolute atomic E-state index is 0.100. The van der Waals surface area contributed by atoms with Crippen molar-refractivity contribution in [2.45, 2.75) is 25.4 Å². The summed E-state index contributed by atoms with van der Waals surface area (Å²) >= 11 is 3.48. The predicted octanol–water partition coefficient (Wildman–Crippen LogP) is 3.13. The standard InChI is InChI=1S/C19H20BrNO4/c1-19(23,14-7-8-16-17(10-14)25-12-24-16)11-21-18(22)9-6-13-4-2-3-5-15(13)20/h2-5,7-8,10,23H,6,9,11-12H2,1H3,(H,21,22). The summed E-state index contributed by atoms with van der Waals surface area (Å²) in [5.74, 6) is 1.17. The van der Waals surface area contributed by atoms with Gasteiger partial charge in [0, 0.05) is 10.9 Å². The van der Waals surface area contributed by atoms with Crippen LogP contribution in [0, 0.1) is 0 Å². The summed E-state index contributed by atoms with van der Waals surface area (Å²) in [5, 5.41) is 13.5. The molecule has 5 nitrogen and oxygen atoms in total. The lowest BCUT2D eigenvalue weighted by Gasteiger charge is -2.24. The molecule has 6 heteroatoms. The van der Waals surface area contributed by atoms with Gasteiger partial charge in [0.25, 0.3) is 0 Å². The minimum Gasteiger partial charge on any atom is -0.454 e. The van der Waals surface area contributed by atoms with E-state index in [0.29, 0.717) is 29.9 Å². The highest BCUT2D eigenvalue weighted by atomic mass is 79.9. The number of nitrogens with one attached hydrogen (secondary N) is 1. The van der Waals surface area contributed by atoms with Gasteiger partial charge in [-0.25, -0.2) is 0 Å². The number of benzene rings is 2. The van der Waals surface area contributed by atoms with Crippen LogP contribution in [0.3, 0.4) is 0 Å². The van der Waals surface area contributed by atoms with Crippen molar-refractivity contribution in [2.75, 3.05) is 13.3 Å². The highest BCUT2D eigenvalue weighted by molar-refractivity contribution is 9.10. The van der Waals surface area contributed by atoms with E-state index in [2.05, 4.69) is 21.2 Å². The van der Waals surface area contributed by atoms with Crippen molar-refractivity contribution in [3.05, 3.63) is 58.1 Å². The molecule has 132 valence electrons.